The minimum absolute atomic E-state index is 0.0996. The zero-order chi connectivity index (χ0) is 17.9. The Balaban J connectivity index is 2.49. The summed E-state index contributed by atoms with van der Waals surface area (Å²) in [7, 11) is 1.80. The lowest BCUT2D eigenvalue weighted by Gasteiger charge is -2.14. The normalized spacial score (nSPS) is 16.3. The number of thiocarbonyl (C=S) groups is 1. The van der Waals surface area contributed by atoms with Crippen LogP contribution in [0.15, 0.2) is 22.3 Å². The largest absolute Gasteiger partial charge is 0.493 e. The monoisotopic (exact) mass is 412 g/mol. The van der Waals surface area contributed by atoms with Gasteiger partial charge in [-0.05, 0) is 61.1 Å². The standard InChI is InChI=1S/C17H21BrN2O3S/c1-5-20-16(21)13(19(4)17(20)24)9-11-8-12(18)15(23-7-3)10-14(11)22-6-2/h8-10H,5-7H2,1-4H3/b13-9+. The lowest BCUT2D eigenvalue weighted by molar-refractivity contribution is -0.122. The molecule has 1 fully saturated rings. The van der Waals surface area contributed by atoms with Crippen LogP contribution in [0, 0.1) is 0 Å². The van der Waals surface area contributed by atoms with E-state index < -0.39 is 0 Å². The molecule has 0 saturated carbocycles. The maximum Gasteiger partial charge on any atom is 0.276 e. The highest BCUT2D eigenvalue weighted by Gasteiger charge is 2.34. The Bertz CT molecular complexity index is 691. The Morgan fingerprint density at radius 3 is 2.33 bits per heavy atom. The summed E-state index contributed by atoms with van der Waals surface area (Å²) in [6, 6.07) is 3.72. The molecule has 5 nitrogen and oxygen atoms in total. The first-order chi connectivity index (χ1) is 11.4. The number of hydrogen-bond acceptors (Lipinski definition) is 4. The molecule has 0 spiro atoms. The first kappa shape index (κ1) is 18.7. The van der Waals surface area contributed by atoms with Crippen LogP contribution in [0.5, 0.6) is 11.5 Å². The number of rotatable bonds is 6. The zero-order valence-corrected chi connectivity index (χ0v) is 16.7. The van der Waals surface area contributed by atoms with Crippen LogP contribution in [0.4, 0.5) is 0 Å². The highest BCUT2D eigenvalue weighted by Crippen LogP contribution is 2.35. The van der Waals surface area contributed by atoms with Gasteiger partial charge in [0.1, 0.15) is 17.2 Å². The Kier molecular flexibility index (Phi) is 6.23. The number of carbonyl (C=O) groups excluding carboxylic acids is 1. The number of benzene rings is 1. The highest BCUT2D eigenvalue weighted by atomic mass is 79.9. The predicted molar refractivity (Wildman–Crippen MR) is 102 cm³/mol. The van der Waals surface area contributed by atoms with Crippen LogP contribution in [-0.4, -0.2) is 47.6 Å². The van der Waals surface area contributed by atoms with Crippen molar-refractivity contribution < 1.29 is 14.3 Å². The van der Waals surface area contributed by atoms with Gasteiger partial charge in [0.15, 0.2) is 5.11 Å². The number of ether oxygens (including phenoxy) is 2. The van der Waals surface area contributed by atoms with Gasteiger partial charge in [-0.2, -0.15) is 0 Å². The maximum absolute atomic E-state index is 12.5. The lowest BCUT2D eigenvalue weighted by Crippen LogP contribution is -2.30. The van der Waals surface area contributed by atoms with E-state index in [1.807, 2.05) is 32.9 Å². The summed E-state index contributed by atoms with van der Waals surface area (Å²) in [5.41, 5.74) is 1.32. The summed E-state index contributed by atoms with van der Waals surface area (Å²) in [5.74, 6) is 1.27. The second kappa shape index (κ2) is 7.98. The van der Waals surface area contributed by atoms with Gasteiger partial charge < -0.3 is 14.4 Å². The van der Waals surface area contributed by atoms with Gasteiger partial charge in [0, 0.05) is 25.2 Å². The molecule has 130 valence electrons. The second-order valence-electron chi connectivity index (χ2n) is 5.11. The van der Waals surface area contributed by atoms with Crippen LogP contribution >= 0.6 is 28.1 Å². The average molecular weight is 413 g/mol. The van der Waals surface area contributed by atoms with Crippen molar-refractivity contribution >= 4 is 45.2 Å². The summed E-state index contributed by atoms with van der Waals surface area (Å²) >= 11 is 8.83. The molecule has 0 radical (unpaired) electrons. The number of amides is 1. The fourth-order valence-electron chi connectivity index (χ4n) is 2.45. The van der Waals surface area contributed by atoms with Crippen molar-refractivity contribution in [2.45, 2.75) is 20.8 Å². The first-order valence-electron chi connectivity index (χ1n) is 7.84. The minimum Gasteiger partial charge on any atom is -0.493 e. The van der Waals surface area contributed by atoms with Gasteiger partial charge >= 0.3 is 0 Å². The second-order valence-corrected chi connectivity index (χ2v) is 6.33. The smallest absolute Gasteiger partial charge is 0.276 e. The van der Waals surface area contributed by atoms with E-state index in [0.29, 0.717) is 42.1 Å². The molecule has 1 aliphatic heterocycles. The van der Waals surface area contributed by atoms with Crippen LogP contribution in [0.3, 0.4) is 0 Å². The van der Waals surface area contributed by atoms with Crippen LogP contribution in [-0.2, 0) is 4.79 Å². The van der Waals surface area contributed by atoms with Gasteiger partial charge in [0.05, 0.1) is 17.7 Å². The third kappa shape index (κ3) is 3.57. The van der Waals surface area contributed by atoms with E-state index in [0.717, 1.165) is 10.0 Å². The summed E-state index contributed by atoms with van der Waals surface area (Å²) < 4.78 is 12.1. The van der Waals surface area contributed by atoms with Gasteiger partial charge in [0.2, 0.25) is 0 Å². The van der Waals surface area contributed by atoms with Gasteiger partial charge in [-0.15, -0.1) is 0 Å². The molecule has 1 aromatic rings. The van der Waals surface area contributed by atoms with Crippen molar-refractivity contribution in [1.29, 1.82) is 0 Å². The van der Waals surface area contributed by atoms with Crippen LogP contribution < -0.4 is 9.47 Å². The molecule has 7 heteroatoms. The molecule has 24 heavy (non-hydrogen) atoms. The number of nitrogens with zero attached hydrogens (tertiary/aromatic N) is 2. The number of carbonyl (C=O) groups is 1. The highest BCUT2D eigenvalue weighted by molar-refractivity contribution is 9.10. The van der Waals surface area contributed by atoms with Gasteiger partial charge in [-0.1, -0.05) is 0 Å². The lowest BCUT2D eigenvalue weighted by atomic mass is 10.1. The molecule has 0 aromatic heterocycles. The van der Waals surface area contributed by atoms with Crippen molar-refractivity contribution in [1.82, 2.24) is 9.80 Å². The van der Waals surface area contributed by atoms with Crippen molar-refractivity contribution in [2.75, 3.05) is 26.8 Å². The molecular formula is C17H21BrN2O3S. The Hall–Kier alpha value is -1.60. The topological polar surface area (TPSA) is 42.0 Å². The van der Waals surface area contributed by atoms with Crippen molar-refractivity contribution in [3.8, 4) is 11.5 Å². The zero-order valence-electron chi connectivity index (χ0n) is 14.3. The number of hydrogen-bond donors (Lipinski definition) is 0. The summed E-state index contributed by atoms with van der Waals surface area (Å²) in [5, 5.41) is 0.511. The van der Waals surface area contributed by atoms with Gasteiger partial charge in [0.25, 0.3) is 5.91 Å². The van der Waals surface area contributed by atoms with Crippen molar-refractivity contribution in [3.63, 3.8) is 0 Å². The number of likely N-dealkylation sites (N-methyl/N-ethyl adjacent to an activating group) is 2. The molecule has 0 atom stereocenters. The molecule has 0 N–H and O–H groups in total. The van der Waals surface area contributed by atoms with Crippen molar-refractivity contribution in [2.24, 2.45) is 0 Å². The quantitative estimate of drug-likeness (QED) is 0.526. The van der Waals surface area contributed by atoms with E-state index in [1.165, 1.54) is 0 Å². The van der Waals surface area contributed by atoms with Gasteiger partial charge in [-0.25, -0.2) is 0 Å². The molecule has 0 bridgehead atoms. The molecule has 1 saturated heterocycles. The van der Waals surface area contributed by atoms with Crippen LogP contribution in [0.25, 0.3) is 6.08 Å². The van der Waals surface area contributed by atoms with Crippen LogP contribution in [0.1, 0.15) is 26.3 Å². The van der Waals surface area contributed by atoms with E-state index in [4.69, 9.17) is 21.7 Å². The third-order valence-corrected chi connectivity index (χ3v) is 4.73. The maximum atomic E-state index is 12.5. The average Bonchev–Trinajstić information content (AvgIpc) is 2.75. The molecule has 1 aliphatic rings. The molecule has 0 unspecified atom stereocenters. The van der Waals surface area contributed by atoms with E-state index in [1.54, 1.807) is 22.9 Å². The Morgan fingerprint density at radius 1 is 1.17 bits per heavy atom. The third-order valence-electron chi connectivity index (χ3n) is 3.62. The van der Waals surface area contributed by atoms with Crippen LogP contribution in [0.2, 0.25) is 0 Å². The van der Waals surface area contributed by atoms with E-state index in [9.17, 15) is 4.79 Å². The molecular weight excluding hydrogens is 392 g/mol. The molecule has 2 rings (SSSR count). The number of halogens is 1. The van der Waals surface area contributed by atoms with Gasteiger partial charge in [-0.3, -0.25) is 9.69 Å². The molecule has 1 heterocycles. The fraction of sp³-hybridized carbons (Fsp3) is 0.412. The SMILES string of the molecule is CCOc1cc(OCC)c(/C=C2\C(=O)N(CC)C(=S)N2C)cc1Br. The summed E-state index contributed by atoms with van der Waals surface area (Å²) in [4.78, 5) is 15.8. The van der Waals surface area contributed by atoms with E-state index in [2.05, 4.69) is 15.9 Å². The predicted octanol–water partition coefficient (Wildman–Crippen LogP) is 3.67. The molecule has 1 aromatic carbocycles. The van der Waals surface area contributed by atoms with Crippen molar-refractivity contribution in [3.05, 3.63) is 27.9 Å². The summed E-state index contributed by atoms with van der Waals surface area (Å²) in [6.45, 7) is 7.37. The Morgan fingerprint density at radius 2 is 1.79 bits per heavy atom. The van der Waals surface area contributed by atoms with E-state index in [-0.39, 0.29) is 5.91 Å². The Labute approximate surface area is 156 Å². The molecule has 1 amide bonds. The minimum atomic E-state index is -0.0996. The van der Waals surface area contributed by atoms with E-state index >= 15 is 0 Å². The fourth-order valence-corrected chi connectivity index (χ4v) is 3.23. The molecule has 0 aliphatic carbocycles. The first-order valence-corrected chi connectivity index (χ1v) is 9.05. The summed E-state index contributed by atoms with van der Waals surface area (Å²) in [6.07, 6.45) is 1.80.